The highest BCUT2D eigenvalue weighted by atomic mass is 16.5. The Balaban J connectivity index is 2.09. The lowest BCUT2D eigenvalue weighted by molar-refractivity contribution is 0.00877. The average Bonchev–Trinajstić information content (AvgIpc) is 2.75. The van der Waals surface area contributed by atoms with Crippen LogP contribution in [0.5, 0.6) is 0 Å². The zero-order valence-electron chi connectivity index (χ0n) is 9.39. The third-order valence-corrected chi connectivity index (χ3v) is 3.12. The summed E-state index contributed by atoms with van der Waals surface area (Å²) >= 11 is 0. The minimum Gasteiger partial charge on any atom is -0.370 e. The molecule has 0 bridgehead atoms. The van der Waals surface area contributed by atoms with Gasteiger partial charge in [-0.25, -0.2) is 0 Å². The summed E-state index contributed by atoms with van der Waals surface area (Å²) in [6.07, 6.45) is 3.54. The Hall–Kier alpha value is -1.42. The molecule has 4 nitrogen and oxygen atoms in total. The van der Waals surface area contributed by atoms with Gasteiger partial charge in [0, 0.05) is 12.3 Å². The Labute approximate surface area is 94.3 Å². The van der Waals surface area contributed by atoms with Crippen molar-refractivity contribution in [3.63, 3.8) is 0 Å². The van der Waals surface area contributed by atoms with Crippen LogP contribution in [0.4, 0.5) is 0 Å². The molecule has 1 aliphatic heterocycles. The van der Waals surface area contributed by atoms with Crippen molar-refractivity contribution in [1.29, 1.82) is 0 Å². The predicted octanol–water partition coefficient (Wildman–Crippen LogP) is 2.28. The van der Waals surface area contributed by atoms with Gasteiger partial charge < -0.3 is 4.74 Å². The van der Waals surface area contributed by atoms with Crippen LogP contribution in [-0.4, -0.2) is 21.2 Å². The number of fused-ring (bicyclic) bond motifs is 1. The highest BCUT2D eigenvalue weighted by Gasteiger charge is 2.21. The number of pyridine rings is 1. The Bertz CT molecular complexity index is 500. The number of aryl methyl sites for hydroxylation is 1. The van der Waals surface area contributed by atoms with Gasteiger partial charge in [0.1, 0.15) is 6.10 Å². The zero-order chi connectivity index (χ0) is 11.0. The van der Waals surface area contributed by atoms with Gasteiger partial charge in [-0.2, -0.15) is 0 Å². The number of rotatable bonds is 1. The van der Waals surface area contributed by atoms with Gasteiger partial charge in [-0.3, -0.25) is 4.40 Å². The SMILES string of the molecule is Cc1cccc2nnc(C3CCCCO3)n12. The van der Waals surface area contributed by atoms with E-state index in [2.05, 4.69) is 27.6 Å². The van der Waals surface area contributed by atoms with Gasteiger partial charge in [-0.1, -0.05) is 6.07 Å². The fourth-order valence-corrected chi connectivity index (χ4v) is 2.28. The van der Waals surface area contributed by atoms with Crippen LogP contribution in [0.2, 0.25) is 0 Å². The number of hydrogen-bond donors (Lipinski definition) is 0. The predicted molar refractivity (Wildman–Crippen MR) is 60.3 cm³/mol. The van der Waals surface area contributed by atoms with E-state index in [9.17, 15) is 0 Å². The fourth-order valence-electron chi connectivity index (χ4n) is 2.28. The smallest absolute Gasteiger partial charge is 0.166 e. The standard InChI is InChI=1S/C12H15N3O/c1-9-5-4-7-11-13-14-12(15(9)11)10-6-2-3-8-16-10/h4-5,7,10H,2-3,6,8H2,1H3. The highest BCUT2D eigenvalue weighted by molar-refractivity contribution is 5.40. The van der Waals surface area contributed by atoms with E-state index in [1.807, 2.05) is 12.1 Å². The van der Waals surface area contributed by atoms with Crippen molar-refractivity contribution in [2.24, 2.45) is 0 Å². The molecular formula is C12H15N3O. The topological polar surface area (TPSA) is 39.4 Å². The third kappa shape index (κ3) is 1.50. The molecule has 1 saturated heterocycles. The Kier molecular flexibility index (Phi) is 2.36. The van der Waals surface area contributed by atoms with Gasteiger partial charge in [0.15, 0.2) is 11.5 Å². The van der Waals surface area contributed by atoms with E-state index in [0.717, 1.165) is 36.6 Å². The van der Waals surface area contributed by atoms with E-state index >= 15 is 0 Å². The molecule has 0 N–H and O–H groups in total. The molecule has 1 unspecified atom stereocenters. The van der Waals surface area contributed by atoms with Crippen LogP contribution < -0.4 is 0 Å². The lowest BCUT2D eigenvalue weighted by atomic mass is 10.1. The fraction of sp³-hybridized carbons (Fsp3) is 0.500. The first-order valence-electron chi connectivity index (χ1n) is 5.78. The van der Waals surface area contributed by atoms with Crippen molar-refractivity contribution in [2.75, 3.05) is 6.61 Å². The summed E-state index contributed by atoms with van der Waals surface area (Å²) < 4.78 is 7.86. The normalized spacial score (nSPS) is 21.4. The van der Waals surface area contributed by atoms with E-state index in [1.54, 1.807) is 0 Å². The number of hydrogen-bond acceptors (Lipinski definition) is 3. The van der Waals surface area contributed by atoms with Gasteiger partial charge in [0.05, 0.1) is 0 Å². The van der Waals surface area contributed by atoms with Gasteiger partial charge in [0.2, 0.25) is 0 Å². The molecule has 16 heavy (non-hydrogen) atoms. The van der Waals surface area contributed by atoms with Crippen molar-refractivity contribution in [2.45, 2.75) is 32.3 Å². The molecule has 0 spiro atoms. The van der Waals surface area contributed by atoms with E-state index in [1.165, 1.54) is 6.42 Å². The summed E-state index contributed by atoms with van der Waals surface area (Å²) in [5, 5.41) is 8.46. The van der Waals surface area contributed by atoms with Gasteiger partial charge in [-0.05, 0) is 38.3 Å². The molecule has 3 rings (SSSR count). The molecule has 0 saturated carbocycles. The lowest BCUT2D eigenvalue weighted by Crippen LogP contribution is -2.15. The molecule has 1 fully saturated rings. The monoisotopic (exact) mass is 217 g/mol. The summed E-state index contributed by atoms with van der Waals surface area (Å²) in [6.45, 7) is 2.91. The van der Waals surface area contributed by atoms with Crippen LogP contribution in [0.1, 0.15) is 36.9 Å². The molecule has 4 heteroatoms. The first-order chi connectivity index (χ1) is 7.86. The van der Waals surface area contributed by atoms with Crippen molar-refractivity contribution in [1.82, 2.24) is 14.6 Å². The maximum absolute atomic E-state index is 5.76. The molecular weight excluding hydrogens is 202 g/mol. The molecule has 2 aromatic rings. The van der Waals surface area contributed by atoms with Crippen LogP contribution in [0.15, 0.2) is 18.2 Å². The van der Waals surface area contributed by atoms with Crippen molar-refractivity contribution in [3.8, 4) is 0 Å². The molecule has 0 amide bonds. The zero-order valence-corrected chi connectivity index (χ0v) is 9.39. The van der Waals surface area contributed by atoms with Crippen molar-refractivity contribution < 1.29 is 4.74 Å². The van der Waals surface area contributed by atoms with Crippen LogP contribution in [0.25, 0.3) is 5.65 Å². The Morgan fingerprint density at radius 2 is 2.25 bits per heavy atom. The van der Waals surface area contributed by atoms with Gasteiger partial charge in [0.25, 0.3) is 0 Å². The largest absolute Gasteiger partial charge is 0.370 e. The third-order valence-electron chi connectivity index (χ3n) is 3.12. The van der Waals surface area contributed by atoms with Gasteiger partial charge in [-0.15, -0.1) is 10.2 Å². The van der Waals surface area contributed by atoms with Crippen LogP contribution in [-0.2, 0) is 4.74 Å². The van der Waals surface area contributed by atoms with Crippen LogP contribution >= 0.6 is 0 Å². The van der Waals surface area contributed by atoms with E-state index in [0.29, 0.717) is 0 Å². The van der Waals surface area contributed by atoms with Crippen molar-refractivity contribution in [3.05, 3.63) is 29.7 Å². The summed E-state index contributed by atoms with van der Waals surface area (Å²) in [5.41, 5.74) is 2.07. The van der Waals surface area contributed by atoms with Gasteiger partial charge >= 0.3 is 0 Å². The minimum absolute atomic E-state index is 0.116. The maximum atomic E-state index is 5.76. The summed E-state index contributed by atoms with van der Waals surface area (Å²) in [7, 11) is 0. The van der Waals surface area contributed by atoms with E-state index in [-0.39, 0.29) is 6.10 Å². The molecule has 1 aliphatic rings. The molecule has 0 aliphatic carbocycles. The first-order valence-corrected chi connectivity index (χ1v) is 5.78. The first kappa shape index (κ1) is 9.78. The molecule has 2 aromatic heterocycles. The highest BCUT2D eigenvalue weighted by Crippen LogP contribution is 2.27. The van der Waals surface area contributed by atoms with Crippen molar-refractivity contribution >= 4 is 5.65 Å². The van der Waals surface area contributed by atoms with E-state index in [4.69, 9.17) is 4.74 Å². The molecule has 1 atom stereocenters. The second kappa shape index (κ2) is 3.87. The average molecular weight is 217 g/mol. The second-order valence-electron chi connectivity index (χ2n) is 4.27. The second-order valence-corrected chi connectivity index (χ2v) is 4.27. The molecule has 3 heterocycles. The number of aromatic nitrogens is 3. The molecule has 0 aromatic carbocycles. The Morgan fingerprint density at radius 1 is 1.31 bits per heavy atom. The summed E-state index contributed by atoms with van der Waals surface area (Å²) in [4.78, 5) is 0. The van der Waals surface area contributed by atoms with E-state index < -0.39 is 0 Å². The van der Waals surface area contributed by atoms with Crippen LogP contribution in [0.3, 0.4) is 0 Å². The quantitative estimate of drug-likeness (QED) is 0.735. The lowest BCUT2D eigenvalue weighted by Gasteiger charge is -2.21. The summed E-state index contributed by atoms with van der Waals surface area (Å²) in [6, 6.07) is 6.06. The number of nitrogens with zero attached hydrogens (tertiary/aromatic N) is 3. The summed E-state index contributed by atoms with van der Waals surface area (Å²) in [5.74, 6) is 0.952. The van der Waals surface area contributed by atoms with Crippen LogP contribution in [0, 0.1) is 6.92 Å². The molecule has 0 radical (unpaired) electrons. The maximum Gasteiger partial charge on any atom is 0.166 e. The Morgan fingerprint density at radius 3 is 3.06 bits per heavy atom. The minimum atomic E-state index is 0.116. The molecule has 84 valence electrons. The number of ether oxygens (including phenoxy) is 1.